The lowest BCUT2D eigenvalue weighted by Crippen LogP contribution is -2.03. The Kier molecular flexibility index (Phi) is 8.93. The van der Waals surface area contributed by atoms with Gasteiger partial charge < -0.3 is 9.47 Å². The molecule has 0 aliphatic heterocycles. The van der Waals surface area contributed by atoms with E-state index < -0.39 is 0 Å². The van der Waals surface area contributed by atoms with Gasteiger partial charge in [-0.05, 0) is 31.9 Å². The summed E-state index contributed by atoms with van der Waals surface area (Å²) in [7, 11) is 0. The molecule has 0 bridgehead atoms. The summed E-state index contributed by atoms with van der Waals surface area (Å²) in [6, 6.07) is 7.16. The molecule has 0 amide bonds. The molecule has 116 valence electrons. The van der Waals surface area contributed by atoms with Gasteiger partial charge in [-0.3, -0.25) is 9.59 Å². The largest absolute Gasteiger partial charge is 0.494 e. The van der Waals surface area contributed by atoms with Gasteiger partial charge in [0.1, 0.15) is 12.0 Å². The van der Waals surface area contributed by atoms with Crippen molar-refractivity contribution in [1.29, 1.82) is 0 Å². The molecule has 4 heteroatoms. The summed E-state index contributed by atoms with van der Waals surface area (Å²) in [6.45, 7) is 2.93. The fourth-order valence-corrected chi connectivity index (χ4v) is 2.00. The normalized spacial score (nSPS) is 10.1. The minimum atomic E-state index is -0.101. The van der Waals surface area contributed by atoms with Crippen molar-refractivity contribution >= 4 is 12.3 Å². The number of unbranched alkanes of at least 4 members (excludes halogenated alkanes) is 4. The van der Waals surface area contributed by atoms with Crippen molar-refractivity contribution in [1.82, 2.24) is 0 Å². The highest BCUT2D eigenvalue weighted by atomic mass is 16.5. The van der Waals surface area contributed by atoms with Crippen molar-refractivity contribution in [2.45, 2.75) is 45.4 Å². The predicted molar refractivity (Wildman–Crippen MR) is 81.7 cm³/mol. The van der Waals surface area contributed by atoms with Gasteiger partial charge in [-0.1, -0.05) is 31.4 Å². The first kappa shape index (κ1) is 17.2. The van der Waals surface area contributed by atoms with Crippen molar-refractivity contribution in [3.8, 4) is 5.75 Å². The number of aldehydes is 1. The maximum Gasteiger partial charge on any atom is 0.305 e. The Labute approximate surface area is 126 Å². The minimum Gasteiger partial charge on any atom is -0.494 e. The van der Waals surface area contributed by atoms with Gasteiger partial charge in [-0.2, -0.15) is 0 Å². The van der Waals surface area contributed by atoms with Gasteiger partial charge in [-0.15, -0.1) is 0 Å². The molecule has 0 aliphatic rings. The fraction of sp³-hybridized carbons (Fsp3) is 0.529. The number of carbonyl (C=O) groups excluding carboxylic acids is 2. The highest BCUT2D eigenvalue weighted by Gasteiger charge is 2.01. The smallest absolute Gasteiger partial charge is 0.305 e. The van der Waals surface area contributed by atoms with E-state index in [0.29, 0.717) is 25.2 Å². The maximum absolute atomic E-state index is 11.1. The van der Waals surface area contributed by atoms with Crippen LogP contribution in [0.15, 0.2) is 24.3 Å². The van der Waals surface area contributed by atoms with E-state index in [1.165, 1.54) is 0 Å². The molecular weight excluding hydrogens is 268 g/mol. The molecular formula is C17H24O4. The number of hydrogen-bond donors (Lipinski definition) is 0. The van der Waals surface area contributed by atoms with E-state index in [1.54, 1.807) is 12.1 Å². The SMILES string of the molecule is CCOC(=O)CCCCCCCOc1cccc(C=O)c1. The number of ether oxygens (including phenoxy) is 2. The van der Waals surface area contributed by atoms with E-state index in [2.05, 4.69) is 0 Å². The summed E-state index contributed by atoms with van der Waals surface area (Å²) < 4.78 is 10.5. The van der Waals surface area contributed by atoms with E-state index in [-0.39, 0.29) is 5.97 Å². The van der Waals surface area contributed by atoms with E-state index in [4.69, 9.17) is 9.47 Å². The van der Waals surface area contributed by atoms with Gasteiger partial charge in [0.25, 0.3) is 0 Å². The van der Waals surface area contributed by atoms with Crippen LogP contribution in [0.2, 0.25) is 0 Å². The first-order valence-electron chi connectivity index (χ1n) is 7.60. The van der Waals surface area contributed by atoms with Gasteiger partial charge in [0.2, 0.25) is 0 Å². The van der Waals surface area contributed by atoms with Crippen LogP contribution in [-0.4, -0.2) is 25.5 Å². The minimum absolute atomic E-state index is 0.101. The average molecular weight is 292 g/mol. The Morgan fingerprint density at radius 3 is 2.67 bits per heavy atom. The summed E-state index contributed by atoms with van der Waals surface area (Å²) >= 11 is 0. The Balaban J connectivity index is 1.99. The molecule has 0 aromatic heterocycles. The number of rotatable bonds is 11. The Bertz CT molecular complexity index is 429. The van der Waals surface area contributed by atoms with E-state index in [1.807, 2.05) is 19.1 Å². The number of hydrogen-bond acceptors (Lipinski definition) is 4. The quantitative estimate of drug-likeness (QED) is 0.354. The molecule has 1 aromatic carbocycles. The molecule has 0 aliphatic carbocycles. The second-order valence-electron chi connectivity index (χ2n) is 4.86. The molecule has 0 saturated carbocycles. The van der Waals surface area contributed by atoms with Gasteiger partial charge in [0, 0.05) is 12.0 Å². The van der Waals surface area contributed by atoms with Crippen LogP contribution in [0, 0.1) is 0 Å². The summed E-state index contributed by atoms with van der Waals surface area (Å²) in [5.74, 6) is 0.637. The number of esters is 1. The Morgan fingerprint density at radius 1 is 1.14 bits per heavy atom. The summed E-state index contributed by atoms with van der Waals surface area (Å²) in [6.07, 6.45) is 6.41. The van der Waals surface area contributed by atoms with Crippen LogP contribution in [-0.2, 0) is 9.53 Å². The molecule has 0 atom stereocenters. The van der Waals surface area contributed by atoms with Crippen molar-refractivity contribution in [3.05, 3.63) is 29.8 Å². The molecule has 0 fully saturated rings. The molecule has 4 nitrogen and oxygen atoms in total. The molecule has 0 unspecified atom stereocenters. The van der Waals surface area contributed by atoms with Crippen molar-refractivity contribution in [2.75, 3.05) is 13.2 Å². The second kappa shape index (κ2) is 10.9. The highest BCUT2D eigenvalue weighted by molar-refractivity contribution is 5.75. The maximum atomic E-state index is 11.1. The molecule has 1 rings (SSSR count). The summed E-state index contributed by atoms with van der Waals surface area (Å²) in [4.78, 5) is 21.8. The van der Waals surface area contributed by atoms with Gasteiger partial charge >= 0.3 is 5.97 Å². The fourth-order valence-electron chi connectivity index (χ4n) is 2.00. The zero-order valence-corrected chi connectivity index (χ0v) is 12.7. The first-order chi connectivity index (χ1) is 10.3. The second-order valence-corrected chi connectivity index (χ2v) is 4.86. The molecule has 0 saturated heterocycles. The van der Waals surface area contributed by atoms with Crippen molar-refractivity contribution < 1.29 is 19.1 Å². The van der Waals surface area contributed by atoms with Crippen LogP contribution in [0.5, 0.6) is 5.75 Å². The van der Waals surface area contributed by atoms with Crippen LogP contribution in [0.4, 0.5) is 0 Å². The summed E-state index contributed by atoms with van der Waals surface area (Å²) in [5, 5.41) is 0. The third kappa shape index (κ3) is 8.12. The lowest BCUT2D eigenvalue weighted by Gasteiger charge is -2.06. The first-order valence-corrected chi connectivity index (χ1v) is 7.60. The van der Waals surface area contributed by atoms with Crippen LogP contribution in [0.25, 0.3) is 0 Å². The lowest BCUT2D eigenvalue weighted by molar-refractivity contribution is -0.143. The number of benzene rings is 1. The van der Waals surface area contributed by atoms with Gasteiger partial charge in [-0.25, -0.2) is 0 Å². The van der Waals surface area contributed by atoms with E-state index in [0.717, 1.165) is 44.1 Å². The molecule has 0 heterocycles. The topological polar surface area (TPSA) is 52.6 Å². The third-order valence-electron chi connectivity index (χ3n) is 3.09. The molecule has 0 spiro atoms. The van der Waals surface area contributed by atoms with Crippen molar-refractivity contribution in [2.24, 2.45) is 0 Å². The molecule has 0 radical (unpaired) electrons. The highest BCUT2D eigenvalue weighted by Crippen LogP contribution is 2.13. The van der Waals surface area contributed by atoms with Gasteiger partial charge in [0.15, 0.2) is 0 Å². The van der Waals surface area contributed by atoms with Crippen LogP contribution in [0.3, 0.4) is 0 Å². The lowest BCUT2D eigenvalue weighted by atomic mass is 10.1. The average Bonchev–Trinajstić information content (AvgIpc) is 2.50. The molecule has 21 heavy (non-hydrogen) atoms. The monoisotopic (exact) mass is 292 g/mol. The van der Waals surface area contributed by atoms with Crippen LogP contribution in [0.1, 0.15) is 55.8 Å². The van der Waals surface area contributed by atoms with E-state index >= 15 is 0 Å². The molecule has 0 N–H and O–H groups in total. The molecule has 1 aromatic rings. The Morgan fingerprint density at radius 2 is 1.90 bits per heavy atom. The standard InChI is InChI=1S/C17H24O4/c1-2-20-17(19)11-6-4-3-5-7-12-21-16-10-8-9-15(13-16)14-18/h8-10,13-14H,2-7,11-12H2,1H3. The van der Waals surface area contributed by atoms with Crippen LogP contribution < -0.4 is 4.74 Å². The van der Waals surface area contributed by atoms with Crippen molar-refractivity contribution in [3.63, 3.8) is 0 Å². The number of carbonyl (C=O) groups is 2. The summed E-state index contributed by atoms with van der Waals surface area (Å²) in [5.41, 5.74) is 0.631. The third-order valence-corrected chi connectivity index (χ3v) is 3.09. The zero-order valence-electron chi connectivity index (χ0n) is 12.7. The van der Waals surface area contributed by atoms with E-state index in [9.17, 15) is 9.59 Å². The van der Waals surface area contributed by atoms with Crippen LogP contribution >= 0.6 is 0 Å². The Hall–Kier alpha value is -1.84. The zero-order chi connectivity index (χ0) is 15.3. The predicted octanol–water partition coefficient (Wildman–Crippen LogP) is 3.78. The van der Waals surface area contributed by atoms with Gasteiger partial charge in [0.05, 0.1) is 13.2 Å².